The van der Waals surface area contributed by atoms with Crippen molar-refractivity contribution in [3.63, 3.8) is 0 Å². The average Bonchev–Trinajstić information content (AvgIpc) is 3.44. The maximum atomic E-state index is 13.0. The van der Waals surface area contributed by atoms with Gasteiger partial charge >= 0.3 is 0 Å². The van der Waals surface area contributed by atoms with E-state index in [0.29, 0.717) is 19.4 Å². The molecule has 2 amide bonds. The van der Waals surface area contributed by atoms with Crippen molar-refractivity contribution in [2.24, 2.45) is 5.92 Å². The van der Waals surface area contributed by atoms with Gasteiger partial charge in [0.1, 0.15) is 5.82 Å². The molecule has 1 atom stereocenters. The van der Waals surface area contributed by atoms with Gasteiger partial charge in [-0.25, -0.2) is 12.8 Å². The number of piperidine rings is 1. The number of sulfonamides is 1. The molecule has 2 fully saturated rings. The second-order valence-electron chi connectivity index (χ2n) is 6.72. The highest BCUT2D eigenvalue weighted by atomic mass is 32.2. The lowest BCUT2D eigenvalue weighted by Crippen LogP contribution is -2.47. The van der Waals surface area contributed by atoms with E-state index in [1.165, 1.54) is 16.4 Å². The van der Waals surface area contributed by atoms with Gasteiger partial charge in [0.05, 0.1) is 17.4 Å². The number of nitrogens with zero attached hydrogens (tertiary/aromatic N) is 1. The fourth-order valence-corrected chi connectivity index (χ4v) is 4.47. The van der Waals surface area contributed by atoms with Crippen molar-refractivity contribution in [3.05, 3.63) is 30.1 Å². The van der Waals surface area contributed by atoms with Crippen molar-refractivity contribution >= 4 is 21.8 Å². The summed E-state index contributed by atoms with van der Waals surface area (Å²) in [5, 5.41) is 5.36. The van der Waals surface area contributed by atoms with E-state index in [2.05, 4.69) is 10.6 Å². The van der Waals surface area contributed by atoms with Crippen LogP contribution in [0.3, 0.4) is 0 Å². The molecule has 26 heavy (non-hydrogen) atoms. The summed E-state index contributed by atoms with van der Waals surface area (Å²) in [7, 11) is -3.78. The van der Waals surface area contributed by atoms with Gasteiger partial charge in [-0.2, -0.15) is 4.31 Å². The molecule has 1 heterocycles. The lowest BCUT2D eigenvalue weighted by atomic mass is 9.99. The third kappa shape index (κ3) is 4.59. The lowest BCUT2D eigenvalue weighted by Gasteiger charge is -2.31. The van der Waals surface area contributed by atoms with E-state index in [0.717, 1.165) is 25.0 Å². The maximum absolute atomic E-state index is 13.0. The van der Waals surface area contributed by atoms with Crippen LogP contribution in [0.25, 0.3) is 0 Å². The number of carbonyl (C=O) groups excluding carboxylic acids is 2. The summed E-state index contributed by atoms with van der Waals surface area (Å²) in [6.45, 7) is 0.262. The Balaban J connectivity index is 1.58. The van der Waals surface area contributed by atoms with Crippen LogP contribution < -0.4 is 10.6 Å². The van der Waals surface area contributed by atoms with Crippen molar-refractivity contribution < 1.29 is 22.4 Å². The van der Waals surface area contributed by atoms with Crippen LogP contribution in [-0.2, 0) is 19.6 Å². The van der Waals surface area contributed by atoms with Crippen LogP contribution in [0.15, 0.2) is 29.2 Å². The van der Waals surface area contributed by atoms with E-state index >= 15 is 0 Å². The minimum absolute atomic E-state index is 0.00349. The third-order valence-corrected chi connectivity index (χ3v) is 6.45. The summed E-state index contributed by atoms with van der Waals surface area (Å²) in [5.74, 6) is -1.57. The molecular formula is C17H22FN3O4S. The zero-order valence-electron chi connectivity index (χ0n) is 14.3. The van der Waals surface area contributed by atoms with Crippen molar-refractivity contribution in [2.45, 2.75) is 36.6 Å². The van der Waals surface area contributed by atoms with Gasteiger partial charge in [-0.3, -0.25) is 9.59 Å². The summed E-state index contributed by atoms with van der Waals surface area (Å²) in [6.07, 6.45) is 3.05. The first kappa shape index (κ1) is 18.8. The fourth-order valence-electron chi connectivity index (χ4n) is 2.95. The van der Waals surface area contributed by atoms with E-state index in [1.807, 2.05) is 0 Å². The molecule has 2 aliphatic rings. The minimum Gasteiger partial charge on any atom is -0.352 e. The van der Waals surface area contributed by atoms with Gasteiger partial charge in [-0.05, 0) is 49.9 Å². The molecule has 0 bridgehead atoms. The standard InChI is InChI=1S/C17H22FN3O4S/c18-13-3-7-15(8-4-13)26(24,25)21-9-1-2-12(11-21)17(23)19-10-16(22)20-14-5-6-14/h3-4,7-8,12,14H,1-2,5-6,9-11H2,(H,19,23)(H,20,22)/t12-/m0/s1. The Morgan fingerprint density at radius 3 is 2.50 bits per heavy atom. The first-order valence-electron chi connectivity index (χ1n) is 8.69. The fraction of sp³-hybridized carbons (Fsp3) is 0.529. The van der Waals surface area contributed by atoms with Gasteiger partial charge < -0.3 is 10.6 Å². The number of hydrogen-bond acceptors (Lipinski definition) is 4. The van der Waals surface area contributed by atoms with Crippen LogP contribution in [0.4, 0.5) is 4.39 Å². The number of halogens is 1. The van der Waals surface area contributed by atoms with Crippen LogP contribution in [0.2, 0.25) is 0 Å². The predicted octanol–water partition coefficient (Wildman–Crippen LogP) is 0.621. The largest absolute Gasteiger partial charge is 0.352 e. The summed E-state index contributed by atoms with van der Waals surface area (Å²) in [6, 6.07) is 4.86. The van der Waals surface area contributed by atoms with Crippen molar-refractivity contribution in [3.8, 4) is 0 Å². The highest BCUT2D eigenvalue weighted by Crippen LogP contribution is 2.24. The van der Waals surface area contributed by atoms with E-state index in [4.69, 9.17) is 0 Å². The van der Waals surface area contributed by atoms with Gasteiger partial charge in [0.25, 0.3) is 0 Å². The van der Waals surface area contributed by atoms with Crippen LogP contribution in [0.5, 0.6) is 0 Å². The third-order valence-electron chi connectivity index (χ3n) is 4.57. The number of nitrogens with one attached hydrogen (secondary N) is 2. The number of amides is 2. The Morgan fingerprint density at radius 1 is 1.15 bits per heavy atom. The molecule has 1 aliphatic heterocycles. The SMILES string of the molecule is O=C(CNC(=O)[C@H]1CCCN(S(=O)(=O)c2ccc(F)cc2)C1)NC1CC1. The molecule has 0 radical (unpaired) electrons. The lowest BCUT2D eigenvalue weighted by molar-refractivity contribution is -0.129. The molecule has 1 saturated heterocycles. The van der Waals surface area contributed by atoms with Gasteiger partial charge in [0, 0.05) is 19.1 Å². The summed E-state index contributed by atoms with van der Waals surface area (Å²) >= 11 is 0. The summed E-state index contributed by atoms with van der Waals surface area (Å²) in [4.78, 5) is 24.0. The normalized spacial score (nSPS) is 21.2. The van der Waals surface area contributed by atoms with Gasteiger partial charge in [0.15, 0.2) is 0 Å². The Hall–Kier alpha value is -2.00. The van der Waals surface area contributed by atoms with E-state index in [1.54, 1.807) is 0 Å². The molecule has 0 aromatic heterocycles. The second kappa shape index (κ2) is 7.71. The zero-order valence-corrected chi connectivity index (χ0v) is 15.1. The van der Waals surface area contributed by atoms with Crippen LogP contribution in [0.1, 0.15) is 25.7 Å². The Bertz CT molecular complexity index is 778. The predicted molar refractivity (Wildman–Crippen MR) is 92.1 cm³/mol. The Kier molecular flexibility index (Phi) is 5.57. The molecule has 1 aromatic rings. The number of hydrogen-bond donors (Lipinski definition) is 2. The Morgan fingerprint density at radius 2 is 1.85 bits per heavy atom. The number of carbonyl (C=O) groups is 2. The highest BCUT2D eigenvalue weighted by Gasteiger charge is 2.33. The second-order valence-corrected chi connectivity index (χ2v) is 8.65. The molecule has 0 spiro atoms. The van der Waals surface area contributed by atoms with Gasteiger partial charge in [-0.15, -0.1) is 0 Å². The van der Waals surface area contributed by atoms with E-state index in [-0.39, 0.29) is 35.8 Å². The highest BCUT2D eigenvalue weighted by molar-refractivity contribution is 7.89. The smallest absolute Gasteiger partial charge is 0.243 e. The Labute approximate surface area is 152 Å². The van der Waals surface area contributed by atoms with E-state index < -0.39 is 21.8 Å². The quantitative estimate of drug-likeness (QED) is 0.753. The maximum Gasteiger partial charge on any atom is 0.243 e. The first-order valence-corrected chi connectivity index (χ1v) is 10.1. The van der Waals surface area contributed by atoms with Crippen LogP contribution in [-0.4, -0.2) is 50.2 Å². The molecule has 1 aromatic carbocycles. The van der Waals surface area contributed by atoms with Crippen molar-refractivity contribution in [1.82, 2.24) is 14.9 Å². The molecule has 9 heteroatoms. The van der Waals surface area contributed by atoms with Crippen molar-refractivity contribution in [1.29, 1.82) is 0 Å². The average molecular weight is 383 g/mol. The van der Waals surface area contributed by atoms with E-state index in [9.17, 15) is 22.4 Å². The van der Waals surface area contributed by atoms with Crippen LogP contribution >= 0.6 is 0 Å². The summed E-state index contributed by atoms with van der Waals surface area (Å²) in [5.41, 5.74) is 0. The monoisotopic (exact) mass is 383 g/mol. The number of benzene rings is 1. The molecule has 2 N–H and O–H groups in total. The number of rotatable bonds is 6. The molecule has 3 rings (SSSR count). The minimum atomic E-state index is -3.78. The topological polar surface area (TPSA) is 95.6 Å². The molecular weight excluding hydrogens is 361 g/mol. The first-order chi connectivity index (χ1) is 12.4. The zero-order chi connectivity index (χ0) is 18.7. The van der Waals surface area contributed by atoms with Gasteiger partial charge in [0.2, 0.25) is 21.8 Å². The molecule has 142 valence electrons. The summed E-state index contributed by atoms with van der Waals surface area (Å²) < 4.78 is 39.6. The van der Waals surface area contributed by atoms with Crippen molar-refractivity contribution in [2.75, 3.05) is 19.6 Å². The molecule has 7 nitrogen and oxygen atoms in total. The van der Waals surface area contributed by atoms with Gasteiger partial charge in [-0.1, -0.05) is 0 Å². The molecule has 1 aliphatic carbocycles. The molecule has 1 saturated carbocycles. The molecule has 0 unspecified atom stereocenters. The van der Waals surface area contributed by atoms with Crippen LogP contribution in [0, 0.1) is 11.7 Å².